The summed E-state index contributed by atoms with van der Waals surface area (Å²) in [5.74, 6) is 1.23. The van der Waals surface area contributed by atoms with Crippen LogP contribution in [-0.4, -0.2) is 12.2 Å². The lowest BCUT2D eigenvalue weighted by molar-refractivity contribution is -0.127. The molecule has 0 aromatic heterocycles. The molecule has 0 unspecified atom stereocenters. The molecule has 0 saturated heterocycles. The number of nitrogens with one attached hydrogen (secondary N) is 2. The first-order chi connectivity index (χ1) is 13.4. The maximum atomic E-state index is 12.4. The van der Waals surface area contributed by atoms with E-state index in [9.17, 15) is 18.0 Å². The second-order valence-corrected chi connectivity index (χ2v) is 6.01. The molecule has 0 fully saturated rings. The molecule has 2 N–H and O–H groups in total. The Labute approximate surface area is 160 Å². The van der Waals surface area contributed by atoms with Crippen LogP contribution in [0.1, 0.15) is 5.56 Å². The van der Waals surface area contributed by atoms with Crippen molar-refractivity contribution in [2.45, 2.75) is 12.6 Å². The molecule has 0 aliphatic heterocycles. The fourth-order valence-electron chi connectivity index (χ4n) is 2.49. The van der Waals surface area contributed by atoms with Crippen molar-refractivity contribution in [2.24, 2.45) is 0 Å². The average molecular weight is 386 g/mol. The van der Waals surface area contributed by atoms with Gasteiger partial charge in [0.15, 0.2) is 0 Å². The summed E-state index contributed by atoms with van der Waals surface area (Å²) in [6.07, 6.45) is -5.27. The van der Waals surface area contributed by atoms with Gasteiger partial charge in [0.2, 0.25) is 0 Å². The van der Waals surface area contributed by atoms with E-state index in [0.29, 0.717) is 22.9 Å². The van der Waals surface area contributed by atoms with Gasteiger partial charge in [-0.1, -0.05) is 36.4 Å². The Hall–Kier alpha value is -3.48. The van der Waals surface area contributed by atoms with Crippen LogP contribution in [0.2, 0.25) is 0 Å². The molecule has 0 atom stereocenters. The second-order valence-electron chi connectivity index (χ2n) is 6.01. The maximum absolute atomic E-state index is 12.4. The highest BCUT2D eigenvalue weighted by Crippen LogP contribution is 2.24. The lowest BCUT2D eigenvalue weighted by atomic mass is 10.1. The van der Waals surface area contributed by atoms with Crippen LogP contribution in [0.25, 0.3) is 0 Å². The Balaban J connectivity index is 1.58. The summed E-state index contributed by atoms with van der Waals surface area (Å²) in [6.45, 7) is 0. The van der Waals surface area contributed by atoms with Crippen molar-refractivity contribution >= 4 is 17.4 Å². The van der Waals surface area contributed by atoms with E-state index >= 15 is 0 Å². The van der Waals surface area contributed by atoms with Crippen molar-refractivity contribution in [2.75, 3.05) is 10.6 Å². The predicted octanol–water partition coefficient (Wildman–Crippen LogP) is 6.23. The molecule has 0 saturated carbocycles. The van der Waals surface area contributed by atoms with E-state index in [-0.39, 0.29) is 5.56 Å². The predicted molar refractivity (Wildman–Crippen MR) is 102 cm³/mol. The summed E-state index contributed by atoms with van der Waals surface area (Å²) in [7, 11) is 0. The number of carbonyl (C=O) groups is 1. The molecule has 0 radical (unpaired) electrons. The molecule has 0 aliphatic carbocycles. The largest absolute Gasteiger partial charge is 0.457 e. The third-order valence-corrected chi connectivity index (χ3v) is 3.69. The molecule has 0 spiro atoms. The fraction of sp³-hybridized carbons (Fsp3) is 0.0952. The number of hydrogen-bond acceptors (Lipinski definition) is 2. The van der Waals surface area contributed by atoms with Crippen LogP contribution < -0.4 is 15.4 Å². The molecule has 0 bridgehead atoms. The highest BCUT2D eigenvalue weighted by molar-refractivity contribution is 5.99. The number of hydrogen-bond donors (Lipinski definition) is 2. The van der Waals surface area contributed by atoms with Gasteiger partial charge in [-0.15, -0.1) is 0 Å². The molecular weight excluding hydrogens is 369 g/mol. The van der Waals surface area contributed by atoms with E-state index in [2.05, 4.69) is 10.6 Å². The normalized spacial score (nSPS) is 11.0. The molecule has 4 nitrogen and oxygen atoms in total. The molecule has 7 heteroatoms. The van der Waals surface area contributed by atoms with Gasteiger partial charge in [0, 0.05) is 17.4 Å². The highest BCUT2D eigenvalue weighted by atomic mass is 19.4. The number of para-hydroxylation sites is 1. The Morgan fingerprint density at radius 3 is 2.11 bits per heavy atom. The molecule has 144 valence electrons. The van der Waals surface area contributed by atoms with E-state index in [1.165, 1.54) is 24.3 Å². The van der Waals surface area contributed by atoms with Gasteiger partial charge in [0.05, 0.1) is 6.42 Å². The molecular formula is C21H17F3N2O2. The SMILES string of the molecule is O=C(Nc1ccc(CC(F)(F)F)cc1)Nc1cccc(Oc2ccccc2)c1. The van der Waals surface area contributed by atoms with E-state index < -0.39 is 18.6 Å². The van der Waals surface area contributed by atoms with E-state index in [1.54, 1.807) is 24.3 Å². The van der Waals surface area contributed by atoms with Crippen LogP contribution >= 0.6 is 0 Å². The molecule has 0 aliphatic rings. The zero-order valence-corrected chi connectivity index (χ0v) is 14.7. The maximum Gasteiger partial charge on any atom is 0.393 e. The van der Waals surface area contributed by atoms with Crippen molar-refractivity contribution in [3.05, 3.63) is 84.4 Å². The quantitative estimate of drug-likeness (QED) is 0.546. The van der Waals surface area contributed by atoms with Gasteiger partial charge in [-0.25, -0.2) is 4.79 Å². The number of urea groups is 1. The van der Waals surface area contributed by atoms with Gasteiger partial charge in [0.25, 0.3) is 0 Å². The monoisotopic (exact) mass is 386 g/mol. The Morgan fingerprint density at radius 2 is 1.43 bits per heavy atom. The van der Waals surface area contributed by atoms with Gasteiger partial charge in [-0.3, -0.25) is 0 Å². The summed E-state index contributed by atoms with van der Waals surface area (Å²) >= 11 is 0. The van der Waals surface area contributed by atoms with Crippen LogP contribution in [0.15, 0.2) is 78.9 Å². The number of rotatable bonds is 5. The third-order valence-electron chi connectivity index (χ3n) is 3.69. The number of halogens is 3. The van der Waals surface area contributed by atoms with Crippen molar-refractivity contribution in [1.29, 1.82) is 0 Å². The summed E-state index contributed by atoms with van der Waals surface area (Å²) in [5, 5.41) is 5.24. The molecule has 2 amide bonds. The number of alkyl halides is 3. The van der Waals surface area contributed by atoms with Crippen LogP contribution in [0.3, 0.4) is 0 Å². The van der Waals surface area contributed by atoms with Crippen LogP contribution in [0.4, 0.5) is 29.3 Å². The zero-order valence-electron chi connectivity index (χ0n) is 14.7. The summed E-state index contributed by atoms with van der Waals surface area (Å²) in [6, 6.07) is 21.1. The van der Waals surface area contributed by atoms with Crippen molar-refractivity contribution in [3.63, 3.8) is 0 Å². The molecule has 0 heterocycles. The van der Waals surface area contributed by atoms with Crippen molar-refractivity contribution in [3.8, 4) is 11.5 Å². The van der Waals surface area contributed by atoms with E-state index in [1.807, 2.05) is 30.3 Å². The first kappa shape index (κ1) is 19.3. The molecule has 28 heavy (non-hydrogen) atoms. The molecule has 3 aromatic carbocycles. The lowest BCUT2D eigenvalue weighted by Gasteiger charge is -2.11. The fourth-order valence-corrected chi connectivity index (χ4v) is 2.49. The van der Waals surface area contributed by atoms with Gasteiger partial charge in [-0.2, -0.15) is 13.2 Å². The topological polar surface area (TPSA) is 50.4 Å². The Kier molecular flexibility index (Phi) is 5.84. The summed E-state index contributed by atoms with van der Waals surface area (Å²) < 4.78 is 42.8. The van der Waals surface area contributed by atoms with Gasteiger partial charge in [-0.05, 0) is 42.0 Å². The number of anilines is 2. The van der Waals surface area contributed by atoms with Gasteiger partial charge >= 0.3 is 12.2 Å². The van der Waals surface area contributed by atoms with E-state index in [4.69, 9.17) is 4.74 Å². The first-order valence-electron chi connectivity index (χ1n) is 8.44. The smallest absolute Gasteiger partial charge is 0.393 e. The number of ether oxygens (including phenoxy) is 1. The molecule has 3 aromatic rings. The third kappa shape index (κ3) is 6.05. The van der Waals surface area contributed by atoms with Crippen LogP contribution in [0.5, 0.6) is 11.5 Å². The standard InChI is InChI=1S/C21H17F3N2O2/c22-21(23,24)14-15-9-11-16(12-10-15)25-20(27)26-17-5-4-8-19(13-17)28-18-6-2-1-3-7-18/h1-13H,14H2,(H2,25,26,27). The minimum Gasteiger partial charge on any atom is -0.457 e. The second kappa shape index (κ2) is 8.47. The first-order valence-corrected chi connectivity index (χ1v) is 8.44. The average Bonchev–Trinajstić information content (AvgIpc) is 2.63. The van der Waals surface area contributed by atoms with Crippen molar-refractivity contribution < 1.29 is 22.7 Å². The zero-order chi connectivity index (χ0) is 20.0. The van der Waals surface area contributed by atoms with Crippen LogP contribution in [-0.2, 0) is 6.42 Å². The Morgan fingerprint density at radius 1 is 0.786 bits per heavy atom. The van der Waals surface area contributed by atoms with Crippen molar-refractivity contribution in [1.82, 2.24) is 0 Å². The minimum atomic E-state index is -4.26. The van der Waals surface area contributed by atoms with Gasteiger partial charge in [0.1, 0.15) is 11.5 Å². The summed E-state index contributed by atoms with van der Waals surface area (Å²) in [5.41, 5.74) is 1.03. The number of amides is 2. The number of carbonyl (C=O) groups excluding carboxylic acids is 1. The van der Waals surface area contributed by atoms with Crippen LogP contribution in [0, 0.1) is 0 Å². The molecule has 3 rings (SSSR count). The van der Waals surface area contributed by atoms with E-state index in [0.717, 1.165) is 0 Å². The minimum absolute atomic E-state index is 0.129. The highest BCUT2D eigenvalue weighted by Gasteiger charge is 2.27. The summed E-state index contributed by atoms with van der Waals surface area (Å²) in [4.78, 5) is 12.1. The number of benzene rings is 3. The Bertz CT molecular complexity index is 926. The van der Waals surface area contributed by atoms with Gasteiger partial charge < -0.3 is 15.4 Å². The lowest BCUT2D eigenvalue weighted by Crippen LogP contribution is -2.19.